The normalized spacial score (nSPS) is 10.9. The lowest BCUT2D eigenvalue weighted by Gasteiger charge is -2.06. The van der Waals surface area contributed by atoms with Crippen molar-refractivity contribution in [3.63, 3.8) is 0 Å². The molecule has 6 nitrogen and oxygen atoms in total. The Morgan fingerprint density at radius 2 is 1.71 bits per heavy atom. The second-order valence-electron chi connectivity index (χ2n) is 5.53. The van der Waals surface area contributed by atoms with Gasteiger partial charge in [-0.15, -0.1) is 0 Å². The molecule has 1 heterocycles. The smallest absolute Gasteiger partial charge is 0.295 e. The molecule has 1 N–H and O–H groups in total. The average molecular weight is 325 g/mol. The summed E-state index contributed by atoms with van der Waals surface area (Å²) in [4.78, 5) is 29.4. The van der Waals surface area contributed by atoms with Crippen LogP contribution in [0, 0.1) is 0 Å². The van der Waals surface area contributed by atoms with Crippen LogP contribution in [-0.2, 0) is 29.8 Å². The largest absolute Gasteiger partial charge is 0.328 e. The average Bonchev–Trinajstić information content (AvgIpc) is 2.85. The topological polar surface area (TPSA) is 65.3 Å². The number of nitrogens with zero attached hydrogens (tertiary/aromatic N) is 2. The zero-order valence-corrected chi connectivity index (χ0v) is 13.4. The lowest BCUT2D eigenvalue weighted by atomic mass is 10.2. The van der Waals surface area contributed by atoms with Gasteiger partial charge in [-0.1, -0.05) is 42.5 Å². The Bertz CT molecular complexity index is 897. The van der Waals surface area contributed by atoms with E-state index in [1.165, 1.54) is 0 Å². The number of carbonyl (C=O) groups is 1. The van der Waals surface area contributed by atoms with Gasteiger partial charge in [0, 0.05) is 20.0 Å². The number of aromatic nitrogens is 2. The van der Waals surface area contributed by atoms with Crippen molar-refractivity contribution in [2.75, 3.05) is 0 Å². The number of hydrogen-bond acceptors (Lipinski definition) is 3. The number of benzene rings is 2. The van der Waals surface area contributed by atoms with Crippen LogP contribution in [0.15, 0.2) is 59.4 Å². The van der Waals surface area contributed by atoms with Gasteiger partial charge in [-0.2, -0.15) is 0 Å². The standard InChI is InChI=1S/C18H19N3O3/c1-20-15-9-5-6-10-16(15)21(18(20)23)12-11-17(22)19-24-13-14-7-3-2-4-8-14/h2-10H,11-13H2,1H3,(H,19,22). The molecule has 24 heavy (non-hydrogen) atoms. The van der Waals surface area contributed by atoms with Crippen LogP contribution in [0.25, 0.3) is 11.0 Å². The number of carbonyl (C=O) groups excluding carboxylic acids is 1. The quantitative estimate of drug-likeness (QED) is 0.705. The maximum atomic E-state index is 12.3. The molecule has 1 aromatic heterocycles. The van der Waals surface area contributed by atoms with Crippen LogP contribution in [0.3, 0.4) is 0 Å². The number of imidazole rings is 1. The summed E-state index contributed by atoms with van der Waals surface area (Å²) in [6, 6.07) is 17.1. The monoisotopic (exact) mass is 325 g/mol. The summed E-state index contributed by atoms with van der Waals surface area (Å²) >= 11 is 0. The molecule has 3 aromatic rings. The molecule has 0 aliphatic rings. The molecule has 6 heteroatoms. The fourth-order valence-corrected chi connectivity index (χ4v) is 2.62. The van der Waals surface area contributed by atoms with E-state index in [1.54, 1.807) is 16.2 Å². The molecule has 0 saturated heterocycles. The van der Waals surface area contributed by atoms with Crippen LogP contribution in [0.5, 0.6) is 0 Å². The van der Waals surface area contributed by atoms with Gasteiger partial charge in [0.05, 0.1) is 17.6 Å². The highest BCUT2D eigenvalue weighted by Gasteiger charge is 2.11. The number of rotatable bonds is 6. The molecule has 0 saturated carbocycles. The Labute approximate surface area is 139 Å². The van der Waals surface area contributed by atoms with Gasteiger partial charge in [-0.05, 0) is 17.7 Å². The highest BCUT2D eigenvalue weighted by molar-refractivity contribution is 5.77. The van der Waals surface area contributed by atoms with E-state index in [9.17, 15) is 9.59 Å². The van der Waals surface area contributed by atoms with Gasteiger partial charge in [0.25, 0.3) is 0 Å². The van der Waals surface area contributed by atoms with Crippen molar-refractivity contribution in [1.29, 1.82) is 0 Å². The minimum Gasteiger partial charge on any atom is -0.295 e. The second-order valence-corrected chi connectivity index (χ2v) is 5.53. The Morgan fingerprint density at radius 3 is 2.46 bits per heavy atom. The third-order valence-corrected chi connectivity index (χ3v) is 3.88. The molecular weight excluding hydrogens is 306 g/mol. The fourth-order valence-electron chi connectivity index (χ4n) is 2.62. The molecule has 0 aliphatic heterocycles. The maximum absolute atomic E-state index is 12.3. The number of hydroxylamine groups is 1. The third-order valence-electron chi connectivity index (χ3n) is 3.88. The number of hydrogen-bond donors (Lipinski definition) is 1. The molecule has 0 radical (unpaired) electrons. The van der Waals surface area contributed by atoms with Crippen molar-refractivity contribution >= 4 is 16.9 Å². The van der Waals surface area contributed by atoms with Crippen molar-refractivity contribution in [3.8, 4) is 0 Å². The molecular formula is C18H19N3O3. The predicted molar refractivity (Wildman–Crippen MR) is 91.2 cm³/mol. The van der Waals surface area contributed by atoms with Crippen LogP contribution in [0.1, 0.15) is 12.0 Å². The van der Waals surface area contributed by atoms with Gasteiger partial charge >= 0.3 is 5.69 Å². The molecule has 2 aromatic carbocycles. The molecule has 1 amide bonds. The van der Waals surface area contributed by atoms with Gasteiger partial charge < -0.3 is 0 Å². The first kappa shape index (κ1) is 16.0. The summed E-state index contributed by atoms with van der Waals surface area (Å²) in [6.07, 6.45) is 0.169. The summed E-state index contributed by atoms with van der Waals surface area (Å²) in [5, 5.41) is 0. The zero-order chi connectivity index (χ0) is 16.9. The fraction of sp³-hybridized carbons (Fsp3) is 0.222. The summed E-state index contributed by atoms with van der Waals surface area (Å²) in [5.41, 5.74) is 4.93. The first-order chi connectivity index (χ1) is 11.7. The Hall–Kier alpha value is -2.86. The van der Waals surface area contributed by atoms with E-state index in [4.69, 9.17) is 4.84 Å². The van der Waals surface area contributed by atoms with Crippen LogP contribution in [0.2, 0.25) is 0 Å². The van der Waals surface area contributed by atoms with Crippen LogP contribution in [0.4, 0.5) is 0 Å². The van der Waals surface area contributed by atoms with Crippen molar-refractivity contribution < 1.29 is 9.63 Å². The van der Waals surface area contributed by atoms with Gasteiger partial charge in [-0.25, -0.2) is 10.3 Å². The van der Waals surface area contributed by atoms with E-state index >= 15 is 0 Å². The molecule has 3 rings (SSSR count). The number of fused-ring (bicyclic) bond motifs is 1. The maximum Gasteiger partial charge on any atom is 0.328 e. The Morgan fingerprint density at radius 1 is 1.04 bits per heavy atom. The first-order valence-electron chi connectivity index (χ1n) is 7.75. The second kappa shape index (κ2) is 7.14. The summed E-state index contributed by atoms with van der Waals surface area (Å²) < 4.78 is 3.19. The lowest BCUT2D eigenvalue weighted by Crippen LogP contribution is -2.28. The molecule has 0 fully saturated rings. The van der Waals surface area contributed by atoms with E-state index < -0.39 is 0 Å². The van der Waals surface area contributed by atoms with Gasteiger partial charge in [0.15, 0.2) is 0 Å². The Kier molecular flexibility index (Phi) is 4.77. The molecule has 0 bridgehead atoms. The number of nitrogens with one attached hydrogen (secondary N) is 1. The van der Waals surface area contributed by atoms with Gasteiger partial charge in [0.1, 0.15) is 0 Å². The molecule has 0 aliphatic carbocycles. The minimum atomic E-state index is -0.259. The summed E-state index contributed by atoms with van der Waals surface area (Å²) in [7, 11) is 1.73. The Balaban J connectivity index is 1.57. The highest BCUT2D eigenvalue weighted by Crippen LogP contribution is 2.11. The van der Waals surface area contributed by atoms with Gasteiger partial charge in [-0.3, -0.25) is 18.8 Å². The van der Waals surface area contributed by atoms with Crippen LogP contribution >= 0.6 is 0 Å². The summed E-state index contributed by atoms with van der Waals surface area (Å²) in [6.45, 7) is 0.613. The molecule has 0 atom stereocenters. The van der Waals surface area contributed by atoms with E-state index in [-0.39, 0.29) is 18.0 Å². The number of aryl methyl sites for hydroxylation is 2. The minimum absolute atomic E-state index is 0.130. The van der Waals surface area contributed by atoms with Crippen molar-refractivity contribution in [2.45, 2.75) is 19.6 Å². The van der Waals surface area contributed by atoms with Crippen LogP contribution < -0.4 is 11.2 Å². The summed E-state index contributed by atoms with van der Waals surface area (Å²) in [5.74, 6) is -0.259. The van der Waals surface area contributed by atoms with Crippen molar-refractivity contribution in [2.24, 2.45) is 7.05 Å². The van der Waals surface area contributed by atoms with E-state index in [0.717, 1.165) is 16.6 Å². The van der Waals surface area contributed by atoms with Gasteiger partial charge in [0.2, 0.25) is 5.91 Å². The predicted octanol–water partition coefficient (Wildman–Crippen LogP) is 1.98. The first-order valence-corrected chi connectivity index (χ1v) is 7.75. The SMILES string of the molecule is Cn1c(=O)n(CCC(=O)NOCc2ccccc2)c2ccccc21. The van der Waals surface area contributed by atoms with Crippen LogP contribution in [-0.4, -0.2) is 15.0 Å². The lowest BCUT2D eigenvalue weighted by molar-refractivity contribution is -0.134. The third kappa shape index (κ3) is 3.38. The van der Waals surface area contributed by atoms with E-state index in [2.05, 4.69) is 5.48 Å². The van der Waals surface area contributed by atoms with E-state index in [1.807, 2.05) is 54.6 Å². The van der Waals surface area contributed by atoms with E-state index in [0.29, 0.717) is 13.2 Å². The van der Waals surface area contributed by atoms with Crippen molar-refractivity contribution in [1.82, 2.24) is 14.6 Å². The number of amides is 1. The molecule has 0 unspecified atom stereocenters. The molecule has 124 valence electrons. The highest BCUT2D eigenvalue weighted by atomic mass is 16.6. The number of para-hydroxylation sites is 2. The molecule has 0 spiro atoms. The van der Waals surface area contributed by atoms with Crippen molar-refractivity contribution in [3.05, 3.63) is 70.6 Å². The zero-order valence-electron chi connectivity index (χ0n) is 13.4.